The lowest BCUT2D eigenvalue weighted by Crippen LogP contribution is -2.11. The third-order valence-electron chi connectivity index (χ3n) is 2.14. The highest BCUT2D eigenvalue weighted by atomic mass is 16.5. The highest BCUT2D eigenvalue weighted by molar-refractivity contribution is 5.82. The van der Waals surface area contributed by atoms with Crippen LogP contribution < -0.4 is 0 Å². The van der Waals surface area contributed by atoms with Gasteiger partial charge in [0.2, 0.25) is 0 Å². The zero-order valence-electron chi connectivity index (χ0n) is 9.49. The van der Waals surface area contributed by atoms with Gasteiger partial charge in [0.05, 0.1) is 19.1 Å². The number of hydrogen-bond acceptors (Lipinski definition) is 4. The summed E-state index contributed by atoms with van der Waals surface area (Å²) in [5.41, 5.74) is 0. The standard InChI is InChI=1S/C11H20O4/c1-3-9(12)5-6-10(13)7-8-11(14)15-4-2/h9,12H,3-8H2,1-2H3. The monoisotopic (exact) mass is 216 g/mol. The number of carbonyl (C=O) groups is 2. The van der Waals surface area contributed by atoms with Gasteiger partial charge >= 0.3 is 5.97 Å². The van der Waals surface area contributed by atoms with Crippen molar-refractivity contribution in [3.63, 3.8) is 0 Å². The lowest BCUT2D eigenvalue weighted by atomic mass is 10.1. The van der Waals surface area contributed by atoms with Crippen LogP contribution in [0.4, 0.5) is 0 Å². The summed E-state index contributed by atoms with van der Waals surface area (Å²) in [6.07, 6.45) is 1.44. The Morgan fingerprint density at radius 3 is 2.40 bits per heavy atom. The van der Waals surface area contributed by atoms with Gasteiger partial charge in [0.15, 0.2) is 0 Å². The molecule has 0 aliphatic carbocycles. The summed E-state index contributed by atoms with van der Waals surface area (Å²) >= 11 is 0. The molecule has 15 heavy (non-hydrogen) atoms. The van der Waals surface area contributed by atoms with Gasteiger partial charge in [-0.15, -0.1) is 0 Å². The van der Waals surface area contributed by atoms with Gasteiger partial charge in [-0.05, 0) is 19.8 Å². The largest absolute Gasteiger partial charge is 0.466 e. The van der Waals surface area contributed by atoms with E-state index in [9.17, 15) is 14.7 Å². The Morgan fingerprint density at radius 2 is 1.87 bits per heavy atom. The molecular weight excluding hydrogens is 196 g/mol. The van der Waals surface area contributed by atoms with Crippen LogP contribution in [0.2, 0.25) is 0 Å². The number of rotatable bonds is 8. The van der Waals surface area contributed by atoms with Crippen molar-refractivity contribution in [1.29, 1.82) is 0 Å². The summed E-state index contributed by atoms with van der Waals surface area (Å²) < 4.78 is 4.70. The highest BCUT2D eigenvalue weighted by Crippen LogP contribution is 2.05. The van der Waals surface area contributed by atoms with E-state index in [1.165, 1.54) is 0 Å². The number of Topliss-reactive ketones (excluding diaryl/α,β-unsaturated/α-hetero) is 1. The first-order chi connectivity index (χ1) is 7.10. The quantitative estimate of drug-likeness (QED) is 0.624. The number of ketones is 1. The zero-order chi connectivity index (χ0) is 11.7. The fourth-order valence-corrected chi connectivity index (χ4v) is 1.13. The van der Waals surface area contributed by atoms with Crippen LogP contribution in [-0.4, -0.2) is 29.6 Å². The third kappa shape index (κ3) is 8.12. The zero-order valence-corrected chi connectivity index (χ0v) is 9.49. The molecule has 0 radical (unpaired) electrons. The predicted molar refractivity (Wildman–Crippen MR) is 56.4 cm³/mol. The third-order valence-corrected chi connectivity index (χ3v) is 2.14. The summed E-state index contributed by atoms with van der Waals surface area (Å²) in [5.74, 6) is -0.322. The number of ether oxygens (including phenoxy) is 1. The van der Waals surface area contributed by atoms with Gasteiger partial charge < -0.3 is 9.84 Å². The molecule has 0 aromatic rings. The second-order valence-corrected chi connectivity index (χ2v) is 3.44. The molecule has 0 bridgehead atoms. The van der Waals surface area contributed by atoms with Crippen LogP contribution >= 0.6 is 0 Å². The predicted octanol–water partition coefficient (Wildman–Crippen LogP) is 1.45. The van der Waals surface area contributed by atoms with Gasteiger partial charge in [-0.25, -0.2) is 0 Å². The maximum absolute atomic E-state index is 11.3. The molecule has 4 nitrogen and oxygen atoms in total. The molecule has 0 aromatic carbocycles. The fraction of sp³-hybridized carbons (Fsp3) is 0.818. The minimum absolute atomic E-state index is 0.00977. The Hall–Kier alpha value is -0.900. The average Bonchev–Trinajstić information content (AvgIpc) is 2.23. The Bertz CT molecular complexity index is 201. The van der Waals surface area contributed by atoms with Gasteiger partial charge in [0.1, 0.15) is 5.78 Å². The Kier molecular flexibility index (Phi) is 7.91. The van der Waals surface area contributed by atoms with E-state index >= 15 is 0 Å². The lowest BCUT2D eigenvalue weighted by Gasteiger charge is -2.06. The van der Waals surface area contributed by atoms with Crippen molar-refractivity contribution < 1.29 is 19.4 Å². The molecule has 1 unspecified atom stereocenters. The van der Waals surface area contributed by atoms with Crippen LogP contribution in [0.3, 0.4) is 0 Å². The number of esters is 1. The van der Waals surface area contributed by atoms with Crippen LogP contribution in [-0.2, 0) is 14.3 Å². The normalized spacial score (nSPS) is 12.2. The Balaban J connectivity index is 3.53. The smallest absolute Gasteiger partial charge is 0.306 e. The molecule has 88 valence electrons. The van der Waals surface area contributed by atoms with E-state index in [1.807, 2.05) is 6.92 Å². The van der Waals surface area contributed by atoms with Gasteiger partial charge in [-0.1, -0.05) is 6.92 Å². The van der Waals surface area contributed by atoms with E-state index in [4.69, 9.17) is 4.74 Å². The molecule has 0 rings (SSSR count). The van der Waals surface area contributed by atoms with E-state index in [0.717, 1.165) is 0 Å². The van der Waals surface area contributed by atoms with Gasteiger partial charge in [-0.2, -0.15) is 0 Å². The molecule has 0 amide bonds. The summed E-state index contributed by atoms with van der Waals surface area (Å²) in [5, 5.41) is 9.22. The summed E-state index contributed by atoms with van der Waals surface area (Å²) in [6, 6.07) is 0. The molecule has 0 saturated carbocycles. The van der Waals surface area contributed by atoms with E-state index in [0.29, 0.717) is 25.9 Å². The van der Waals surface area contributed by atoms with Crippen LogP contribution in [0.15, 0.2) is 0 Å². The lowest BCUT2D eigenvalue weighted by molar-refractivity contribution is -0.144. The Labute approximate surface area is 90.6 Å². The van der Waals surface area contributed by atoms with E-state index in [1.54, 1.807) is 6.92 Å². The topological polar surface area (TPSA) is 63.6 Å². The molecule has 1 N–H and O–H groups in total. The van der Waals surface area contributed by atoms with Crippen LogP contribution in [0.5, 0.6) is 0 Å². The summed E-state index contributed by atoms with van der Waals surface area (Å²) in [4.78, 5) is 22.2. The molecule has 0 fully saturated rings. The minimum Gasteiger partial charge on any atom is -0.466 e. The number of hydrogen-bond donors (Lipinski definition) is 1. The maximum Gasteiger partial charge on any atom is 0.306 e. The number of aliphatic hydroxyl groups excluding tert-OH is 1. The second kappa shape index (κ2) is 8.41. The molecule has 0 saturated heterocycles. The molecule has 1 atom stereocenters. The van der Waals surface area contributed by atoms with Crippen LogP contribution in [0, 0.1) is 0 Å². The van der Waals surface area contributed by atoms with Crippen molar-refractivity contribution in [2.75, 3.05) is 6.61 Å². The molecule has 4 heteroatoms. The van der Waals surface area contributed by atoms with Crippen molar-refractivity contribution >= 4 is 11.8 Å². The summed E-state index contributed by atoms with van der Waals surface area (Å²) in [6.45, 7) is 3.95. The average molecular weight is 216 g/mol. The molecular formula is C11H20O4. The first-order valence-corrected chi connectivity index (χ1v) is 5.45. The van der Waals surface area contributed by atoms with Crippen molar-refractivity contribution in [2.45, 2.75) is 52.1 Å². The number of carbonyl (C=O) groups excluding carboxylic acids is 2. The minimum atomic E-state index is -0.406. The number of aliphatic hydroxyl groups is 1. The van der Waals surface area contributed by atoms with Gasteiger partial charge in [-0.3, -0.25) is 9.59 Å². The van der Waals surface area contributed by atoms with E-state index in [2.05, 4.69) is 0 Å². The highest BCUT2D eigenvalue weighted by Gasteiger charge is 2.09. The fourth-order valence-electron chi connectivity index (χ4n) is 1.13. The van der Waals surface area contributed by atoms with Crippen molar-refractivity contribution in [3.8, 4) is 0 Å². The molecule has 0 aliphatic heterocycles. The van der Waals surface area contributed by atoms with Crippen LogP contribution in [0.25, 0.3) is 0 Å². The molecule has 0 aliphatic rings. The van der Waals surface area contributed by atoms with Crippen molar-refractivity contribution in [3.05, 3.63) is 0 Å². The van der Waals surface area contributed by atoms with Gasteiger partial charge in [0.25, 0.3) is 0 Å². The first kappa shape index (κ1) is 14.1. The maximum atomic E-state index is 11.3. The summed E-state index contributed by atoms with van der Waals surface area (Å²) in [7, 11) is 0. The van der Waals surface area contributed by atoms with Crippen molar-refractivity contribution in [1.82, 2.24) is 0 Å². The van der Waals surface area contributed by atoms with Crippen molar-refractivity contribution in [2.24, 2.45) is 0 Å². The second-order valence-electron chi connectivity index (χ2n) is 3.44. The Morgan fingerprint density at radius 1 is 1.20 bits per heavy atom. The van der Waals surface area contributed by atoms with E-state index < -0.39 is 6.10 Å². The molecule has 0 heterocycles. The van der Waals surface area contributed by atoms with E-state index in [-0.39, 0.29) is 24.6 Å². The SMILES string of the molecule is CCOC(=O)CCC(=O)CCC(O)CC. The van der Waals surface area contributed by atoms with Gasteiger partial charge in [0, 0.05) is 12.8 Å². The molecule has 0 aromatic heterocycles. The van der Waals surface area contributed by atoms with Crippen LogP contribution in [0.1, 0.15) is 46.0 Å². The molecule has 0 spiro atoms. The first-order valence-electron chi connectivity index (χ1n) is 5.45.